The van der Waals surface area contributed by atoms with Crippen LogP contribution in [0.25, 0.3) is 5.65 Å². The lowest BCUT2D eigenvalue weighted by Gasteiger charge is -2.45. The van der Waals surface area contributed by atoms with E-state index >= 15 is 0 Å². The average Bonchev–Trinajstić information content (AvgIpc) is 2.96. The third-order valence-electron chi connectivity index (χ3n) is 4.01. The Kier molecular flexibility index (Phi) is 5.37. The van der Waals surface area contributed by atoms with E-state index in [2.05, 4.69) is 4.98 Å². The summed E-state index contributed by atoms with van der Waals surface area (Å²) >= 11 is 11.7. The van der Waals surface area contributed by atoms with Crippen LogP contribution >= 0.6 is 34.0 Å². The van der Waals surface area contributed by atoms with Crippen LogP contribution in [-0.4, -0.2) is 36.0 Å². The Morgan fingerprint density at radius 2 is 1.74 bits per heavy atom. The number of benzene rings is 1. The van der Waals surface area contributed by atoms with E-state index < -0.39 is 23.0 Å². The van der Waals surface area contributed by atoms with Crippen molar-refractivity contribution in [1.82, 2.24) is 13.7 Å². The van der Waals surface area contributed by atoms with Crippen molar-refractivity contribution in [1.29, 1.82) is 0 Å². The summed E-state index contributed by atoms with van der Waals surface area (Å²) in [6.45, 7) is 0. The third-order valence-corrected chi connectivity index (χ3v) is 6.43. The van der Waals surface area contributed by atoms with Gasteiger partial charge in [0.25, 0.3) is 0 Å². The van der Waals surface area contributed by atoms with E-state index in [1.165, 1.54) is 53.2 Å². The van der Waals surface area contributed by atoms with Crippen LogP contribution in [0.2, 0.25) is 10.2 Å². The molecule has 0 aliphatic carbocycles. The molecular weight excluding hydrogens is 426 g/mol. The molecule has 2 aromatic heterocycles. The summed E-state index contributed by atoms with van der Waals surface area (Å²) in [5, 5.41) is 0.462. The number of imidazole rings is 1. The summed E-state index contributed by atoms with van der Waals surface area (Å²) in [6.07, 6.45) is -2.16. The van der Waals surface area contributed by atoms with Crippen LogP contribution in [0.5, 0.6) is 0 Å². The molecular formula is C16H14Cl2F3N3O2S. The first-order chi connectivity index (χ1) is 12.5. The highest BCUT2D eigenvalue weighted by Gasteiger charge is 2.47. The van der Waals surface area contributed by atoms with E-state index in [-0.39, 0.29) is 20.6 Å². The number of alkyl halides is 3. The van der Waals surface area contributed by atoms with Gasteiger partial charge in [-0.05, 0) is 29.8 Å². The topological polar surface area (TPSA) is 61.0 Å². The van der Waals surface area contributed by atoms with Crippen LogP contribution in [-0.2, 0) is 0 Å². The fourth-order valence-electron chi connectivity index (χ4n) is 2.66. The van der Waals surface area contributed by atoms with Crippen LogP contribution in [0, 0.1) is 0 Å². The van der Waals surface area contributed by atoms with E-state index in [0.717, 1.165) is 7.05 Å². The Bertz CT molecular complexity index is 964. The Morgan fingerprint density at radius 3 is 2.33 bits per heavy atom. The Balaban J connectivity index is 2.06. The quantitative estimate of drug-likeness (QED) is 0.530. The first-order valence-corrected chi connectivity index (χ1v) is 9.74. The second-order valence-electron chi connectivity index (χ2n) is 5.73. The standard InChI is InChI=1S/C16H14Cl2F3N3O2S/c1-23(15(16(19,20)21)10-2-4-11(17)5-3-10)27(25,26)12-6-7-14-22-8-13(18)24(14)9-12/h2-9,15,25-26H,1H3/t15-/m1/s1. The normalized spacial score (nSPS) is 14.7. The van der Waals surface area contributed by atoms with E-state index in [1.54, 1.807) is 0 Å². The molecule has 146 valence electrons. The predicted octanol–water partition coefficient (Wildman–Crippen LogP) is 5.90. The highest BCUT2D eigenvalue weighted by Crippen LogP contribution is 2.57. The third kappa shape index (κ3) is 3.89. The van der Waals surface area contributed by atoms with Gasteiger partial charge in [-0.3, -0.25) is 13.5 Å². The number of pyridine rings is 1. The first kappa shape index (κ1) is 20.2. The van der Waals surface area contributed by atoms with Gasteiger partial charge in [0.2, 0.25) is 0 Å². The van der Waals surface area contributed by atoms with Gasteiger partial charge in [-0.2, -0.15) is 17.5 Å². The Labute approximate surface area is 164 Å². The van der Waals surface area contributed by atoms with Crippen molar-refractivity contribution in [2.24, 2.45) is 0 Å². The molecule has 0 amide bonds. The van der Waals surface area contributed by atoms with Gasteiger partial charge in [0.1, 0.15) is 16.8 Å². The van der Waals surface area contributed by atoms with Gasteiger partial charge in [-0.1, -0.05) is 35.3 Å². The summed E-state index contributed by atoms with van der Waals surface area (Å²) in [4.78, 5) is 3.86. The number of fused-ring (bicyclic) bond motifs is 1. The van der Waals surface area contributed by atoms with Gasteiger partial charge >= 0.3 is 6.18 Å². The van der Waals surface area contributed by atoms with Crippen molar-refractivity contribution in [2.75, 3.05) is 7.05 Å². The molecule has 0 unspecified atom stereocenters. The second-order valence-corrected chi connectivity index (χ2v) is 8.64. The molecule has 0 bridgehead atoms. The zero-order valence-electron chi connectivity index (χ0n) is 13.7. The van der Waals surface area contributed by atoms with Crippen molar-refractivity contribution in [3.05, 3.63) is 64.5 Å². The van der Waals surface area contributed by atoms with Gasteiger partial charge in [-0.15, -0.1) is 10.8 Å². The maximum atomic E-state index is 13.8. The zero-order chi connectivity index (χ0) is 20.0. The molecule has 5 nitrogen and oxygen atoms in total. The first-order valence-electron chi connectivity index (χ1n) is 7.48. The number of hydrogen-bond donors (Lipinski definition) is 2. The molecule has 0 fully saturated rings. The maximum Gasteiger partial charge on any atom is 0.409 e. The molecule has 0 radical (unpaired) electrons. The lowest BCUT2D eigenvalue weighted by Crippen LogP contribution is -2.37. The van der Waals surface area contributed by atoms with Crippen LogP contribution in [0.15, 0.2) is 53.7 Å². The number of nitrogens with zero attached hydrogens (tertiary/aromatic N) is 3. The molecule has 3 aromatic rings. The molecule has 0 saturated heterocycles. The minimum Gasteiger partial charge on any atom is -0.289 e. The van der Waals surface area contributed by atoms with Gasteiger partial charge in [-0.25, -0.2) is 4.98 Å². The van der Waals surface area contributed by atoms with E-state index in [9.17, 15) is 22.3 Å². The lowest BCUT2D eigenvalue weighted by molar-refractivity contribution is -0.172. The minimum absolute atomic E-state index is 0.124. The van der Waals surface area contributed by atoms with E-state index in [4.69, 9.17) is 23.2 Å². The van der Waals surface area contributed by atoms with Gasteiger partial charge < -0.3 is 0 Å². The van der Waals surface area contributed by atoms with E-state index in [0.29, 0.717) is 9.95 Å². The molecule has 0 aliphatic heterocycles. The summed E-state index contributed by atoms with van der Waals surface area (Å²) < 4.78 is 64.4. The number of rotatable bonds is 4. The zero-order valence-corrected chi connectivity index (χ0v) is 16.1. The molecule has 2 heterocycles. The SMILES string of the molecule is CN([C@H](c1ccc(Cl)cc1)C(F)(F)F)S(O)(O)c1ccc2ncc(Cl)n2c1. The van der Waals surface area contributed by atoms with E-state index in [1.807, 2.05) is 0 Å². The number of hydrogen-bond acceptors (Lipinski definition) is 4. The number of aromatic nitrogens is 2. The molecule has 3 rings (SSSR count). The summed E-state index contributed by atoms with van der Waals surface area (Å²) in [5.74, 6) is 0. The fraction of sp³-hybridized carbons (Fsp3) is 0.188. The van der Waals surface area contributed by atoms with Gasteiger partial charge in [0.15, 0.2) is 0 Å². The van der Waals surface area contributed by atoms with Crippen molar-refractivity contribution < 1.29 is 22.3 Å². The lowest BCUT2D eigenvalue weighted by atomic mass is 10.1. The molecule has 1 atom stereocenters. The Morgan fingerprint density at radius 1 is 1.11 bits per heavy atom. The van der Waals surface area contributed by atoms with Crippen LogP contribution in [0.4, 0.5) is 13.2 Å². The van der Waals surface area contributed by atoms with Crippen molar-refractivity contribution >= 4 is 39.6 Å². The summed E-state index contributed by atoms with van der Waals surface area (Å²) in [5.41, 5.74) is 0.253. The molecule has 11 heteroatoms. The van der Waals surface area contributed by atoms with Crippen LogP contribution in [0.3, 0.4) is 0 Å². The highest BCUT2D eigenvalue weighted by atomic mass is 35.5. The van der Waals surface area contributed by atoms with Crippen molar-refractivity contribution in [3.8, 4) is 0 Å². The average molecular weight is 440 g/mol. The predicted molar refractivity (Wildman–Crippen MR) is 99.3 cm³/mol. The van der Waals surface area contributed by atoms with Gasteiger partial charge in [0, 0.05) is 18.3 Å². The minimum atomic E-state index is -4.76. The van der Waals surface area contributed by atoms with Gasteiger partial charge in [0.05, 0.1) is 11.1 Å². The second kappa shape index (κ2) is 7.16. The fourth-order valence-corrected chi connectivity index (χ4v) is 4.33. The van der Waals surface area contributed by atoms with Crippen LogP contribution < -0.4 is 0 Å². The largest absolute Gasteiger partial charge is 0.409 e. The molecule has 1 aromatic carbocycles. The highest BCUT2D eigenvalue weighted by molar-refractivity contribution is 8.22. The molecule has 27 heavy (non-hydrogen) atoms. The van der Waals surface area contributed by atoms with Crippen molar-refractivity contribution in [3.63, 3.8) is 0 Å². The molecule has 0 aliphatic rings. The van der Waals surface area contributed by atoms with Crippen molar-refractivity contribution in [2.45, 2.75) is 17.1 Å². The molecule has 2 N–H and O–H groups in total. The molecule has 0 spiro atoms. The summed E-state index contributed by atoms with van der Waals surface area (Å²) in [6, 6.07) is 5.51. The smallest absolute Gasteiger partial charge is 0.289 e. The molecule has 0 saturated carbocycles. The summed E-state index contributed by atoms with van der Waals surface area (Å²) in [7, 11) is -2.99. The monoisotopic (exact) mass is 439 g/mol. The number of halogens is 5. The van der Waals surface area contributed by atoms with Crippen LogP contribution in [0.1, 0.15) is 11.6 Å². The maximum absolute atomic E-state index is 13.8. The Hall–Kier alpha value is -1.49.